The fourth-order valence-corrected chi connectivity index (χ4v) is 2.68. The summed E-state index contributed by atoms with van der Waals surface area (Å²) in [4.78, 5) is 2.36. The van der Waals surface area contributed by atoms with Gasteiger partial charge in [-0.25, -0.2) is 4.39 Å². The largest absolute Gasteiger partial charge is 0.312 e. The normalized spacial score (nSPS) is 21.1. The Balaban J connectivity index is 1.86. The molecule has 0 saturated carbocycles. The zero-order chi connectivity index (χ0) is 14.6. The molecule has 1 N–H and O–H groups in total. The van der Waals surface area contributed by atoms with E-state index < -0.39 is 0 Å². The second-order valence-electron chi connectivity index (χ2n) is 7.11. The number of nitrogens with one attached hydrogen (secondary N) is 1. The van der Waals surface area contributed by atoms with E-state index >= 15 is 0 Å². The summed E-state index contributed by atoms with van der Waals surface area (Å²) >= 11 is 0. The lowest BCUT2D eigenvalue weighted by atomic mass is 9.95. The minimum Gasteiger partial charge on any atom is -0.312 e. The van der Waals surface area contributed by atoms with Crippen molar-refractivity contribution >= 4 is 0 Å². The summed E-state index contributed by atoms with van der Waals surface area (Å²) in [6.45, 7) is 10.6. The van der Waals surface area contributed by atoms with Crippen LogP contribution in [0.3, 0.4) is 0 Å². The molecule has 20 heavy (non-hydrogen) atoms. The van der Waals surface area contributed by atoms with Gasteiger partial charge in [-0.1, -0.05) is 39.0 Å². The molecule has 1 aromatic carbocycles. The molecule has 1 aliphatic rings. The number of hydrogen-bond donors (Lipinski definition) is 1. The molecule has 0 spiro atoms. The molecule has 1 fully saturated rings. The lowest BCUT2D eigenvalue weighted by Crippen LogP contribution is -2.47. The standard InChI is InChI=1S/C17H27FN2/c1-17(2,3)13-19-15-8-6-10-20(12-15)11-14-7-4-5-9-16(14)18/h4-5,7,9,15,19H,6,8,10-13H2,1-3H3. The highest BCUT2D eigenvalue weighted by molar-refractivity contribution is 5.17. The van der Waals surface area contributed by atoms with Gasteiger partial charge in [0.15, 0.2) is 0 Å². The molecule has 0 amide bonds. The van der Waals surface area contributed by atoms with Crippen molar-refractivity contribution in [3.05, 3.63) is 35.6 Å². The summed E-state index contributed by atoms with van der Waals surface area (Å²) in [5.41, 5.74) is 1.12. The third-order valence-electron chi connectivity index (χ3n) is 3.78. The van der Waals surface area contributed by atoms with Crippen molar-refractivity contribution in [1.29, 1.82) is 0 Å². The minimum atomic E-state index is -0.0859. The summed E-state index contributed by atoms with van der Waals surface area (Å²) in [6.07, 6.45) is 2.42. The Morgan fingerprint density at radius 3 is 2.75 bits per heavy atom. The van der Waals surface area contributed by atoms with Crippen LogP contribution in [0.5, 0.6) is 0 Å². The van der Waals surface area contributed by atoms with Crippen LogP contribution >= 0.6 is 0 Å². The Morgan fingerprint density at radius 2 is 2.05 bits per heavy atom. The Kier molecular flexibility index (Phi) is 5.17. The smallest absolute Gasteiger partial charge is 0.127 e. The molecule has 1 saturated heterocycles. The quantitative estimate of drug-likeness (QED) is 0.908. The van der Waals surface area contributed by atoms with Crippen molar-refractivity contribution in [2.24, 2.45) is 5.41 Å². The van der Waals surface area contributed by atoms with Gasteiger partial charge in [-0.3, -0.25) is 4.90 Å². The van der Waals surface area contributed by atoms with Gasteiger partial charge < -0.3 is 5.32 Å². The summed E-state index contributed by atoms with van der Waals surface area (Å²) in [5, 5.41) is 3.66. The van der Waals surface area contributed by atoms with E-state index in [-0.39, 0.29) is 5.82 Å². The van der Waals surface area contributed by atoms with Gasteiger partial charge in [0.2, 0.25) is 0 Å². The SMILES string of the molecule is CC(C)(C)CNC1CCCN(Cc2ccccc2F)C1. The van der Waals surface area contributed by atoms with Crippen LogP contribution in [0.25, 0.3) is 0 Å². The predicted octanol–water partition coefficient (Wildman–Crippen LogP) is 3.43. The molecule has 0 bridgehead atoms. The zero-order valence-corrected chi connectivity index (χ0v) is 13.0. The van der Waals surface area contributed by atoms with E-state index in [0.29, 0.717) is 11.5 Å². The highest BCUT2D eigenvalue weighted by Crippen LogP contribution is 2.17. The van der Waals surface area contributed by atoms with E-state index in [0.717, 1.165) is 31.7 Å². The van der Waals surface area contributed by atoms with E-state index in [9.17, 15) is 4.39 Å². The molecule has 1 aromatic rings. The van der Waals surface area contributed by atoms with Crippen molar-refractivity contribution in [2.45, 2.75) is 46.2 Å². The molecule has 2 rings (SSSR count). The fraction of sp³-hybridized carbons (Fsp3) is 0.647. The van der Waals surface area contributed by atoms with Crippen LogP contribution < -0.4 is 5.32 Å². The molecular weight excluding hydrogens is 251 g/mol. The first-order valence-electron chi connectivity index (χ1n) is 7.63. The maximum absolute atomic E-state index is 13.7. The number of piperidine rings is 1. The number of benzene rings is 1. The summed E-state index contributed by atoms with van der Waals surface area (Å²) < 4.78 is 13.7. The van der Waals surface area contributed by atoms with Gasteiger partial charge in [-0.15, -0.1) is 0 Å². The molecule has 1 aliphatic heterocycles. The summed E-state index contributed by atoms with van der Waals surface area (Å²) in [5.74, 6) is -0.0859. The molecule has 112 valence electrons. The Morgan fingerprint density at radius 1 is 1.30 bits per heavy atom. The van der Waals surface area contributed by atoms with Crippen LogP contribution in [-0.2, 0) is 6.54 Å². The van der Waals surface area contributed by atoms with E-state index in [4.69, 9.17) is 0 Å². The molecule has 2 nitrogen and oxygen atoms in total. The topological polar surface area (TPSA) is 15.3 Å². The molecule has 0 radical (unpaired) electrons. The van der Waals surface area contributed by atoms with Gasteiger partial charge in [-0.2, -0.15) is 0 Å². The highest BCUT2D eigenvalue weighted by atomic mass is 19.1. The third-order valence-corrected chi connectivity index (χ3v) is 3.78. The van der Waals surface area contributed by atoms with Crippen LogP contribution in [0, 0.1) is 11.2 Å². The van der Waals surface area contributed by atoms with Crippen molar-refractivity contribution in [3.8, 4) is 0 Å². The highest BCUT2D eigenvalue weighted by Gasteiger charge is 2.21. The van der Waals surface area contributed by atoms with Gasteiger partial charge in [0.05, 0.1) is 0 Å². The number of rotatable bonds is 4. The molecule has 0 aromatic heterocycles. The molecule has 1 heterocycles. The van der Waals surface area contributed by atoms with Crippen LogP contribution in [0.15, 0.2) is 24.3 Å². The minimum absolute atomic E-state index is 0.0859. The van der Waals surface area contributed by atoms with Crippen LogP contribution in [0.4, 0.5) is 4.39 Å². The monoisotopic (exact) mass is 278 g/mol. The maximum atomic E-state index is 13.7. The van der Waals surface area contributed by atoms with Gasteiger partial charge in [-0.05, 0) is 30.9 Å². The van der Waals surface area contributed by atoms with E-state index in [1.165, 1.54) is 12.8 Å². The van der Waals surface area contributed by atoms with Crippen molar-refractivity contribution in [3.63, 3.8) is 0 Å². The second-order valence-corrected chi connectivity index (χ2v) is 7.11. The van der Waals surface area contributed by atoms with E-state index in [1.807, 2.05) is 12.1 Å². The number of hydrogen-bond acceptors (Lipinski definition) is 2. The average Bonchev–Trinajstić information content (AvgIpc) is 2.39. The lowest BCUT2D eigenvalue weighted by molar-refractivity contribution is 0.173. The van der Waals surface area contributed by atoms with Crippen molar-refractivity contribution in [1.82, 2.24) is 10.2 Å². The summed E-state index contributed by atoms with van der Waals surface area (Å²) in [7, 11) is 0. The van der Waals surface area contributed by atoms with E-state index in [1.54, 1.807) is 12.1 Å². The third kappa shape index (κ3) is 4.88. The molecular formula is C17H27FN2. The number of likely N-dealkylation sites (tertiary alicyclic amines) is 1. The summed E-state index contributed by atoms with van der Waals surface area (Å²) in [6, 6.07) is 7.64. The first kappa shape index (κ1) is 15.5. The van der Waals surface area contributed by atoms with Crippen molar-refractivity contribution in [2.75, 3.05) is 19.6 Å². The van der Waals surface area contributed by atoms with Crippen LogP contribution in [-0.4, -0.2) is 30.6 Å². The Bertz CT molecular complexity index is 425. The molecule has 0 aliphatic carbocycles. The zero-order valence-electron chi connectivity index (χ0n) is 13.0. The fourth-order valence-electron chi connectivity index (χ4n) is 2.68. The van der Waals surface area contributed by atoms with Gasteiger partial charge in [0.25, 0.3) is 0 Å². The van der Waals surface area contributed by atoms with Crippen molar-refractivity contribution < 1.29 is 4.39 Å². The Hall–Kier alpha value is -0.930. The second kappa shape index (κ2) is 6.68. The average molecular weight is 278 g/mol. The van der Waals surface area contributed by atoms with Crippen LogP contribution in [0.2, 0.25) is 0 Å². The first-order valence-corrected chi connectivity index (χ1v) is 7.63. The molecule has 1 unspecified atom stereocenters. The van der Waals surface area contributed by atoms with Crippen LogP contribution in [0.1, 0.15) is 39.2 Å². The number of nitrogens with zero attached hydrogens (tertiary/aromatic N) is 1. The van der Waals surface area contributed by atoms with Gasteiger partial charge >= 0.3 is 0 Å². The molecule has 1 atom stereocenters. The Labute approximate surface area is 122 Å². The number of halogens is 1. The maximum Gasteiger partial charge on any atom is 0.127 e. The lowest BCUT2D eigenvalue weighted by Gasteiger charge is -2.34. The van der Waals surface area contributed by atoms with E-state index in [2.05, 4.69) is 31.0 Å². The van der Waals surface area contributed by atoms with Gasteiger partial charge in [0, 0.05) is 31.2 Å². The molecule has 3 heteroatoms. The van der Waals surface area contributed by atoms with Gasteiger partial charge in [0.1, 0.15) is 5.82 Å². The predicted molar refractivity (Wildman–Crippen MR) is 82.2 cm³/mol. The first-order chi connectivity index (χ1) is 9.44.